The number of fused-ring (bicyclic) bond motifs is 1. The van der Waals surface area contributed by atoms with Gasteiger partial charge in [0.2, 0.25) is 17.7 Å². The van der Waals surface area contributed by atoms with Crippen LogP contribution in [0.4, 0.5) is 11.4 Å². The maximum Gasteiger partial charge on any atom is 0.250 e. The molecule has 3 saturated heterocycles. The predicted octanol–water partition coefficient (Wildman–Crippen LogP) is 3.41. The molecule has 10 heteroatoms. The Morgan fingerprint density at radius 1 is 1.15 bits per heavy atom. The van der Waals surface area contributed by atoms with E-state index in [1.54, 1.807) is 24.3 Å². The zero-order chi connectivity index (χ0) is 27.9. The highest BCUT2D eigenvalue weighted by Crippen LogP contribution is 2.60. The summed E-state index contributed by atoms with van der Waals surface area (Å²) < 4.78 is 12.0. The summed E-state index contributed by atoms with van der Waals surface area (Å²) in [6.07, 6.45) is 0.172. The van der Waals surface area contributed by atoms with E-state index in [1.165, 1.54) is 4.90 Å². The summed E-state index contributed by atoms with van der Waals surface area (Å²) in [6, 6.07) is 11.9. The predicted molar refractivity (Wildman–Crippen MR) is 150 cm³/mol. The standard InChI is InChI=1S/C29H34BrN3O6/c1-4-38-19-10-8-18(9-11-19)31-26(35)22-23-28(37)33(12-5-13-34)25(29(23)15-20(30)24(22)39-29)27(36)32-21-14-16(2)6-7-17(21)3/h6-11,14,20,22-25,34H,4-5,12-13,15H2,1-3H3,(H,31,35)(H,32,36)/t20?,22-,23-,24-,25?,29?/m0/s1. The number of likely N-dealkylation sites (tertiary alicyclic amines) is 1. The van der Waals surface area contributed by atoms with Gasteiger partial charge in [0.15, 0.2) is 0 Å². The smallest absolute Gasteiger partial charge is 0.250 e. The van der Waals surface area contributed by atoms with Crippen LogP contribution in [0.5, 0.6) is 5.75 Å². The van der Waals surface area contributed by atoms with Crippen molar-refractivity contribution in [2.45, 2.75) is 56.2 Å². The zero-order valence-corrected chi connectivity index (χ0v) is 23.9. The molecule has 3 N–H and O–H groups in total. The number of aryl methyl sites for hydroxylation is 2. The lowest BCUT2D eigenvalue weighted by atomic mass is 9.70. The number of rotatable bonds is 9. The van der Waals surface area contributed by atoms with Gasteiger partial charge in [-0.05, 0) is 75.1 Å². The quantitative estimate of drug-likeness (QED) is 0.380. The minimum Gasteiger partial charge on any atom is -0.494 e. The minimum absolute atomic E-state index is 0.126. The summed E-state index contributed by atoms with van der Waals surface area (Å²) in [5.41, 5.74) is 1.99. The van der Waals surface area contributed by atoms with E-state index in [0.29, 0.717) is 36.6 Å². The van der Waals surface area contributed by atoms with Crippen molar-refractivity contribution in [2.75, 3.05) is 30.4 Å². The summed E-state index contributed by atoms with van der Waals surface area (Å²) in [7, 11) is 0. The Morgan fingerprint density at radius 2 is 1.90 bits per heavy atom. The van der Waals surface area contributed by atoms with Crippen molar-refractivity contribution in [3.63, 3.8) is 0 Å². The number of hydrogen-bond acceptors (Lipinski definition) is 6. The second-order valence-corrected chi connectivity index (χ2v) is 11.7. The molecular weight excluding hydrogens is 566 g/mol. The largest absolute Gasteiger partial charge is 0.494 e. The molecule has 6 atom stereocenters. The van der Waals surface area contributed by atoms with Crippen LogP contribution >= 0.6 is 15.9 Å². The van der Waals surface area contributed by atoms with Gasteiger partial charge in [0, 0.05) is 29.4 Å². The highest BCUT2D eigenvalue weighted by atomic mass is 79.9. The second-order valence-electron chi connectivity index (χ2n) is 10.5. The van der Waals surface area contributed by atoms with E-state index in [-0.39, 0.29) is 35.7 Å². The fraction of sp³-hybridized carbons (Fsp3) is 0.483. The number of amides is 3. The van der Waals surface area contributed by atoms with E-state index < -0.39 is 29.6 Å². The average molecular weight is 601 g/mol. The first-order valence-electron chi connectivity index (χ1n) is 13.3. The summed E-state index contributed by atoms with van der Waals surface area (Å²) in [6.45, 7) is 6.35. The zero-order valence-electron chi connectivity index (χ0n) is 22.3. The molecule has 0 aliphatic carbocycles. The first-order valence-corrected chi connectivity index (χ1v) is 14.3. The van der Waals surface area contributed by atoms with Crippen LogP contribution in [0.2, 0.25) is 0 Å². The van der Waals surface area contributed by atoms with E-state index in [2.05, 4.69) is 26.6 Å². The molecule has 3 aliphatic heterocycles. The SMILES string of the molecule is CCOc1ccc(NC(=O)[C@H]2[C@H]3C(=O)N(CCCO)C(C(=O)Nc4cc(C)ccc4C)C34CC(Br)[C@@H]2O4)cc1. The van der Waals surface area contributed by atoms with Gasteiger partial charge < -0.3 is 30.1 Å². The maximum absolute atomic E-state index is 13.9. The van der Waals surface area contributed by atoms with E-state index in [9.17, 15) is 19.5 Å². The average Bonchev–Trinajstić information content (AvgIpc) is 3.49. The number of carbonyl (C=O) groups is 3. The van der Waals surface area contributed by atoms with Crippen LogP contribution < -0.4 is 15.4 Å². The molecular formula is C29H34BrN3O6. The lowest BCUT2D eigenvalue weighted by Gasteiger charge is -2.34. The number of anilines is 2. The molecule has 3 heterocycles. The molecule has 9 nitrogen and oxygen atoms in total. The fourth-order valence-electron chi connectivity index (χ4n) is 6.31. The van der Waals surface area contributed by atoms with E-state index >= 15 is 0 Å². The normalized spacial score (nSPS) is 28.9. The number of nitrogens with one attached hydrogen (secondary N) is 2. The number of carbonyl (C=O) groups excluding carboxylic acids is 3. The van der Waals surface area contributed by atoms with Crippen LogP contribution in [0.15, 0.2) is 42.5 Å². The molecule has 0 radical (unpaired) electrons. The molecule has 1 spiro atoms. The lowest BCUT2D eigenvalue weighted by Crippen LogP contribution is -2.54. The van der Waals surface area contributed by atoms with E-state index in [0.717, 1.165) is 11.1 Å². The first-order chi connectivity index (χ1) is 18.7. The second kappa shape index (κ2) is 10.9. The van der Waals surface area contributed by atoms with Crippen LogP contribution in [0.1, 0.15) is 30.9 Å². The number of aliphatic hydroxyl groups excluding tert-OH is 1. The first kappa shape index (κ1) is 27.6. The van der Waals surface area contributed by atoms with Gasteiger partial charge in [-0.25, -0.2) is 0 Å². The molecule has 2 aromatic carbocycles. The third-order valence-corrected chi connectivity index (χ3v) is 8.83. The van der Waals surface area contributed by atoms with Crippen LogP contribution in [0.25, 0.3) is 0 Å². The summed E-state index contributed by atoms with van der Waals surface area (Å²) in [5, 5.41) is 15.5. The lowest BCUT2D eigenvalue weighted by molar-refractivity contribution is -0.139. The van der Waals surface area contributed by atoms with Crippen molar-refractivity contribution in [2.24, 2.45) is 11.8 Å². The van der Waals surface area contributed by atoms with Gasteiger partial charge in [0.25, 0.3) is 0 Å². The van der Waals surface area contributed by atoms with Crippen molar-refractivity contribution in [1.29, 1.82) is 0 Å². The van der Waals surface area contributed by atoms with Crippen LogP contribution in [0, 0.1) is 25.7 Å². The third kappa shape index (κ3) is 4.83. The highest BCUT2D eigenvalue weighted by molar-refractivity contribution is 9.09. The molecule has 208 valence electrons. The monoisotopic (exact) mass is 599 g/mol. The number of hydrogen-bond donors (Lipinski definition) is 3. The van der Waals surface area contributed by atoms with Crippen LogP contribution in [0.3, 0.4) is 0 Å². The van der Waals surface area contributed by atoms with Gasteiger partial charge in [0.05, 0.1) is 24.5 Å². The van der Waals surface area contributed by atoms with Gasteiger partial charge in [-0.3, -0.25) is 14.4 Å². The molecule has 2 aromatic rings. The Morgan fingerprint density at radius 3 is 2.59 bits per heavy atom. The highest BCUT2D eigenvalue weighted by Gasteiger charge is 2.76. The Bertz CT molecular complexity index is 1270. The summed E-state index contributed by atoms with van der Waals surface area (Å²) in [5.74, 6) is -1.87. The van der Waals surface area contributed by atoms with Gasteiger partial charge >= 0.3 is 0 Å². The van der Waals surface area contributed by atoms with Crippen LogP contribution in [-0.4, -0.2) is 70.1 Å². The number of ether oxygens (including phenoxy) is 2. The molecule has 3 amide bonds. The Labute approximate surface area is 236 Å². The number of alkyl halides is 1. The summed E-state index contributed by atoms with van der Waals surface area (Å²) in [4.78, 5) is 42.8. The number of halogens is 1. The molecule has 0 saturated carbocycles. The Kier molecular flexibility index (Phi) is 7.72. The Hall–Kier alpha value is -2.95. The molecule has 2 bridgehead atoms. The van der Waals surface area contributed by atoms with E-state index in [1.807, 2.05) is 39.0 Å². The van der Waals surface area contributed by atoms with Crippen molar-refractivity contribution < 1.29 is 29.0 Å². The molecule has 0 aromatic heterocycles. The van der Waals surface area contributed by atoms with Crippen molar-refractivity contribution in [1.82, 2.24) is 4.90 Å². The topological polar surface area (TPSA) is 117 Å². The van der Waals surface area contributed by atoms with Crippen molar-refractivity contribution >= 4 is 45.0 Å². The van der Waals surface area contributed by atoms with E-state index in [4.69, 9.17) is 9.47 Å². The van der Waals surface area contributed by atoms with Gasteiger partial charge in [-0.2, -0.15) is 0 Å². The van der Waals surface area contributed by atoms with Gasteiger partial charge in [-0.15, -0.1) is 0 Å². The van der Waals surface area contributed by atoms with Crippen molar-refractivity contribution in [3.8, 4) is 5.75 Å². The molecule has 5 rings (SSSR count). The Balaban J connectivity index is 1.45. The summed E-state index contributed by atoms with van der Waals surface area (Å²) >= 11 is 3.68. The van der Waals surface area contributed by atoms with Crippen LogP contribution in [-0.2, 0) is 19.1 Å². The third-order valence-electron chi connectivity index (χ3n) is 7.98. The van der Waals surface area contributed by atoms with Gasteiger partial charge in [0.1, 0.15) is 17.4 Å². The number of aliphatic hydroxyl groups is 1. The fourth-order valence-corrected chi connectivity index (χ4v) is 7.25. The number of nitrogens with zero attached hydrogens (tertiary/aromatic N) is 1. The van der Waals surface area contributed by atoms with Gasteiger partial charge in [-0.1, -0.05) is 28.1 Å². The van der Waals surface area contributed by atoms with Crippen molar-refractivity contribution in [3.05, 3.63) is 53.6 Å². The minimum atomic E-state index is -1.16. The number of benzene rings is 2. The molecule has 3 fully saturated rings. The maximum atomic E-state index is 13.9. The molecule has 39 heavy (non-hydrogen) atoms. The molecule has 3 aliphatic rings. The molecule has 3 unspecified atom stereocenters.